The average Bonchev–Trinajstić information content (AvgIpc) is 4.13. The second-order valence-electron chi connectivity index (χ2n) is 21.7. The van der Waals surface area contributed by atoms with E-state index in [2.05, 4.69) is 41.2 Å². The van der Waals surface area contributed by atoms with Crippen molar-refractivity contribution in [3.05, 3.63) is 52.4 Å². The molecule has 0 bridgehead atoms. The van der Waals surface area contributed by atoms with E-state index in [-0.39, 0.29) is 141 Å². The monoisotopic (exact) mass is 1170 g/mol. The van der Waals surface area contributed by atoms with Crippen LogP contribution in [0.2, 0.25) is 0 Å². The SMILES string of the molecule is C1CCOC1.CC(C)(C)OC(=O)N1CCc2[nH]ncc2C1.CC(C)(C)OC(=O)N1CCc2c(cnn2C2CC(=O)C2)C1.CC(C)(C)OC(=O)N1CCc2nn(C3CC(=O)C3)cc2C1.O=C1CC(Br)C1.O=CO[O-].[H-].[K+].[K+]. The third kappa shape index (κ3) is 22.3. The van der Waals surface area contributed by atoms with Gasteiger partial charge >= 0.3 is 121 Å². The fourth-order valence-corrected chi connectivity index (χ4v) is 8.82. The molecule has 0 radical (unpaired) electrons. The van der Waals surface area contributed by atoms with E-state index in [9.17, 15) is 28.8 Å². The van der Waals surface area contributed by atoms with Crippen molar-refractivity contribution >= 4 is 58.0 Å². The Labute approximate surface area is 534 Å². The van der Waals surface area contributed by atoms with E-state index < -0.39 is 16.8 Å². The molecule has 4 aliphatic heterocycles. The number of aromatic nitrogens is 6. The molecule has 0 atom stereocenters. The number of rotatable bonds is 3. The summed E-state index contributed by atoms with van der Waals surface area (Å²) in [4.78, 5) is 85.2. The maximum atomic E-state index is 12.1. The molecule has 3 amide bonds. The third-order valence-corrected chi connectivity index (χ3v) is 12.6. The van der Waals surface area contributed by atoms with Crippen LogP contribution in [0.25, 0.3) is 0 Å². The Bertz CT molecular complexity index is 2330. The van der Waals surface area contributed by atoms with Gasteiger partial charge in [-0.2, -0.15) is 15.3 Å². The summed E-state index contributed by atoms with van der Waals surface area (Å²) in [5.74, 6) is 0.983. The standard InChI is InChI=1S/2C15H21N3O3.C11H17N3O2.C4H5BrO.C4H8O.CH2O3.2K.H/c1-15(2,3)21-14(20)17-5-4-13-10(8-17)9-18(16-13)11-6-12(19)7-11;1-15(2,3)21-14(20)17-5-4-13-10(9-17)8-16-18(13)11-6-12(19)7-11;1-11(2,3)16-10(15)14-5-4-9-8(7-14)6-12-13-9;5-3-1-4(6)2-3;1-2-4-5-3-1;2-1-4-3;;;/h9,11H,4-8H2,1-3H3;8,11H,4-7,9H2,1-3H3;6H,4-5,7H2,1-3H3,(H,12,13);3H,1-2H2;1-4H2;1,3H;;;/q;;;;;;2*+1;-1/p-1. The molecule has 1 saturated heterocycles. The van der Waals surface area contributed by atoms with Crippen molar-refractivity contribution in [2.24, 2.45) is 0 Å². The van der Waals surface area contributed by atoms with Crippen LogP contribution in [0.3, 0.4) is 0 Å². The normalized spacial score (nSPS) is 17.9. The molecule has 10 rings (SSSR count). The van der Waals surface area contributed by atoms with E-state index in [1.165, 1.54) is 12.8 Å². The number of nitrogens with one attached hydrogen (secondary N) is 1. The summed E-state index contributed by atoms with van der Waals surface area (Å²) in [5, 5.41) is 24.3. The number of ketones is 3. The molecule has 22 nitrogen and oxygen atoms in total. The number of hydrogen-bond donors (Lipinski definition) is 1. The number of hydrogen-bond acceptors (Lipinski definition) is 16. The second kappa shape index (κ2) is 30.8. The molecule has 7 aliphatic rings. The molecular weight excluding hydrogens is 1090 g/mol. The number of aromatic amines is 1. The fraction of sp³-hybridized carbons (Fsp3) is 0.680. The zero-order chi connectivity index (χ0) is 53.7. The minimum Gasteiger partial charge on any atom is -1.00 e. The van der Waals surface area contributed by atoms with Gasteiger partial charge < -0.3 is 45.2 Å². The van der Waals surface area contributed by atoms with Crippen LogP contribution in [0.15, 0.2) is 18.6 Å². The van der Waals surface area contributed by atoms with Crippen molar-refractivity contribution in [1.82, 2.24) is 44.5 Å². The van der Waals surface area contributed by atoms with E-state index in [0.29, 0.717) is 87.1 Å². The Morgan fingerprint density at radius 2 is 1.15 bits per heavy atom. The van der Waals surface area contributed by atoms with Crippen LogP contribution >= 0.6 is 15.9 Å². The van der Waals surface area contributed by atoms with Crippen LogP contribution in [-0.2, 0) is 81.9 Å². The number of carbonyl (C=O) groups is 7. The summed E-state index contributed by atoms with van der Waals surface area (Å²) < 4.78 is 25.0. The van der Waals surface area contributed by atoms with E-state index in [1.807, 2.05) is 84.1 Å². The number of halogens is 1. The first-order chi connectivity index (χ1) is 34.3. The first-order valence-corrected chi connectivity index (χ1v) is 25.8. The number of alkyl halides is 1. The predicted octanol–water partition coefficient (Wildman–Crippen LogP) is 0.328. The number of ether oxygens (including phenoxy) is 4. The molecule has 3 saturated carbocycles. The third-order valence-electron chi connectivity index (χ3n) is 11.9. The van der Waals surface area contributed by atoms with Crippen LogP contribution in [-0.4, -0.2) is 141 Å². The number of fused-ring (bicyclic) bond motifs is 3. The Kier molecular flexibility index (Phi) is 27.5. The minimum absolute atomic E-state index is 0. The van der Waals surface area contributed by atoms with Crippen molar-refractivity contribution in [2.45, 2.75) is 186 Å². The molecule has 0 spiro atoms. The van der Waals surface area contributed by atoms with Gasteiger partial charge in [-0.3, -0.25) is 33.6 Å². The fourth-order valence-electron chi connectivity index (χ4n) is 8.10. The van der Waals surface area contributed by atoms with Gasteiger partial charge in [0.15, 0.2) is 0 Å². The molecule has 4 fully saturated rings. The van der Waals surface area contributed by atoms with Crippen LogP contribution in [0, 0.1) is 0 Å². The largest absolute Gasteiger partial charge is 1.00 e. The van der Waals surface area contributed by atoms with Crippen LogP contribution < -0.4 is 108 Å². The second-order valence-corrected chi connectivity index (χ2v) is 23.0. The minimum atomic E-state index is -0.478. The van der Waals surface area contributed by atoms with E-state index in [4.69, 9.17) is 29.0 Å². The summed E-state index contributed by atoms with van der Waals surface area (Å²) in [6.45, 7) is 22.2. The molecule has 3 aliphatic carbocycles. The molecular formula is C50H74BrK2N9O13. The molecule has 406 valence electrons. The van der Waals surface area contributed by atoms with Gasteiger partial charge in [0.25, 0.3) is 6.47 Å². The number of H-pyrrole nitrogens is 1. The first-order valence-electron chi connectivity index (χ1n) is 24.9. The molecule has 1 N–H and O–H groups in total. The molecule has 75 heavy (non-hydrogen) atoms. The van der Waals surface area contributed by atoms with Gasteiger partial charge in [0, 0.05) is 130 Å². The van der Waals surface area contributed by atoms with Gasteiger partial charge in [0.05, 0.1) is 49.8 Å². The molecule has 3 aromatic rings. The number of nitrogens with zero attached hydrogens (tertiary/aromatic N) is 8. The zero-order valence-corrected chi connectivity index (χ0v) is 53.6. The Balaban J connectivity index is 0.000000338. The van der Waals surface area contributed by atoms with Crippen molar-refractivity contribution in [2.75, 3.05) is 32.8 Å². The molecule has 7 heterocycles. The summed E-state index contributed by atoms with van der Waals surface area (Å²) in [7, 11) is 0. The van der Waals surface area contributed by atoms with Gasteiger partial charge in [0.2, 0.25) is 0 Å². The zero-order valence-electron chi connectivity index (χ0n) is 46.7. The van der Waals surface area contributed by atoms with E-state index in [0.717, 1.165) is 79.1 Å². The Hall–Kier alpha value is -2.41. The maximum absolute atomic E-state index is 12.1. The van der Waals surface area contributed by atoms with Gasteiger partial charge in [-0.05, 0) is 75.2 Å². The van der Waals surface area contributed by atoms with Gasteiger partial charge in [-0.25, -0.2) is 14.4 Å². The van der Waals surface area contributed by atoms with Crippen LogP contribution in [0.1, 0.15) is 161 Å². The summed E-state index contributed by atoms with van der Waals surface area (Å²) >= 11 is 3.28. The topological polar surface area (TPSA) is 263 Å². The molecule has 25 heteroatoms. The smallest absolute Gasteiger partial charge is 1.00 e. The van der Waals surface area contributed by atoms with Crippen LogP contribution in [0.4, 0.5) is 14.4 Å². The van der Waals surface area contributed by atoms with Crippen molar-refractivity contribution in [3.8, 4) is 0 Å². The number of amides is 3. The molecule has 0 unspecified atom stereocenters. The maximum Gasteiger partial charge on any atom is 1.00 e. The van der Waals surface area contributed by atoms with Crippen molar-refractivity contribution in [1.29, 1.82) is 0 Å². The Morgan fingerprint density at radius 1 is 0.693 bits per heavy atom. The summed E-state index contributed by atoms with van der Waals surface area (Å²) in [5.41, 5.74) is 5.13. The van der Waals surface area contributed by atoms with Gasteiger partial charge in [-0.1, -0.05) is 15.9 Å². The van der Waals surface area contributed by atoms with Gasteiger partial charge in [-0.15, -0.1) is 0 Å². The van der Waals surface area contributed by atoms with E-state index >= 15 is 0 Å². The molecule has 0 aromatic carbocycles. The van der Waals surface area contributed by atoms with Crippen molar-refractivity contribution < 1.29 is 167 Å². The van der Waals surface area contributed by atoms with Gasteiger partial charge in [0.1, 0.15) is 34.2 Å². The van der Waals surface area contributed by atoms with E-state index in [1.54, 1.807) is 20.9 Å². The molecule has 3 aromatic heterocycles. The predicted molar refractivity (Wildman–Crippen MR) is 266 cm³/mol. The average molecular weight is 1170 g/mol. The van der Waals surface area contributed by atoms with Crippen molar-refractivity contribution in [3.63, 3.8) is 0 Å². The number of carbonyl (C=O) groups excluding carboxylic acids is 7. The van der Waals surface area contributed by atoms with Crippen LogP contribution in [0.5, 0.6) is 0 Å². The summed E-state index contributed by atoms with van der Waals surface area (Å²) in [6, 6.07) is 0.424. The first kappa shape index (κ1) is 66.9. The number of Topliss-reactive ketones (excluding diaryl/α,β-unsaturated/α-hetero) is 3. The quantitative estimate of drug-likeness (QED) is 0.0925. The Morgan fingerprint density at radius 3 is 1.57 bits per heavy atom. The summed E-state index contributed by atoms with van der Waals surface area (Å²) in [6.07, 6.45) is 13.5.